The van der Waals surface area contributed by atoms with Crippen LogP contribution in [0.1, 0.15) is 37.5 Å². The summed E-state index contributed by atoms with van der Waals surface area (Å²) in [6.07, 6.45) is 9.27. The van der Waals surface area contributed by atoms with Crippen molar-refractivity contribution in [3.8, 4) is 67.0 Å². The zero-order valence-electron chi connectivity index (χ0n) is 48.0. The smallest absolute Gasteiger partial charge is 0.143 e. The molecule has 12 aromatic carbocycles. The molecule has 18 rings (SSSR count). The van der Waals surface area contributed by atoms with Crippen LogP contribution in [-0.4, -0.2) is 15.2 Å². The number of fused-ring (bicyclic) bond motifs is 16. The Morgan fingerprint density at radius 1 is 0.349 bits per heavy atom. The lowest BCUT2D eigenvalue weighted by atomic mass is 9.76. The fourth-order valence-corrected chi connectivity index (χ4v) is 15.4. The molecule has 0 saturated heterocycles. The monoisotopic (exact) mass is 1100 g/mol. The fourth-order valence-electron chi connectivity index (χ4n) is 15.4. The minimum absolute atomic E-state index is 0.0847. The molecule has 0 N–H and O–H groups in total. The van der Waals surface area contributed by atoms with E-state index < -0.39 is 0 Å². The van der Waals surface area contributed by atoms with Crippen molar-refractivity contribution in [2.24, 2.45) is 0 Å². The van der Waals surface area contributed by atoms with Crippen molar-refractivity contribution in [1.29, 1.82) is 0 Å². The number of hydrogen-bond donors (Lipinski definition) is 0. The number of aromatic nitrogens is 2. The highest BCUT2D eigenvalue weighted by Gasteiger charge is 2.48. The SMILES string of the molecule is CC1(C)c2ccccc2-c2cc3c4cc(-c5cccc(-c6cccc(-n7c8ccccc8c8ccc9c(c87)N(c7cccc(-c8ccccc8)c7)C7C=CC=CC97C)c6)c5)ccc4n(-c4cccc(-c5cccc6c5oc5ccccc56)c4)c3cc21. The van der Waals surface area contributed by atoms with E-state index >= 15 is 0 Å². The van der Waals surface area contributed by atoms with Gasteiger partial charge < -0.3 is 18.5 Å². The second-order valence-electron chi connectivity index (χ2n) is 24.6. The van der Waals surface area contributed by atoms with Gasteiger partial charge >= 0.3 is 0 Å². The molecule has 4 heteroatoms. The lowest BCUT2D eigenvalue weighted by Gasteiger charge is -2.35. The maximum absolute atomic E-state index is 6.61. The van der Waals surface area contributed by atoms with Gasteiger partial charge in [-0.15, -0.1) is 0 Å². The summed E-state index contributed by atoms with van der Waals surface area (Å²) in [5.41, 5.74) is 26.8. The molecule has 0 spiro atoms. The van der Waals surface area contributed by atoms with Crippen molar-refractivity contribution in [3.63, 3.8) is 0 Å². The first kappa shape index (κ1) is 48.8. The number of anilines is 2. The standard InChI is InChI=1S/C82H57N3O/c1-81(2)70-35-10-7-30-62(70)67-49-69-68-48-56(39-42-74(68)83(75(69)50-72(67)81)58-27-18-26-57(47-58)61-33-19-34-66-64-32-9-12-37-76(64)86-80(61)66)53-23-15-22-52(44-53)55-25-17-28-59(46-55)84-73-36-11-8-31-63(73)65-40-41-71-79(78(65)84)85(77-38-13-14-43-82(71,77)3)60-29-16-24-54(45-60)51-20-5-4-6-21-51/h4-50,77H,1-3H3. The first-order chi connectivity index (χ1) is 42.3. The Labute approximate surface area is 499 Å². The Bertz CT molecular complexity index is 5430. The maximum Gasteiger partial charge on any atom is 0.143 e. The van der Waals surface area contributed by atoms with Gasteiger partial charge in [0.25, 0.3) is 0 Å². The first-order valence-electron chi connectivity index (χ1n) is 30.1. The first-order valence-corrected chi connectivity index (χ1v) is 30.1. The van der Waals surface area contributed by atoms with Crippen molar-refractivity contribution in [2.45, 2.75) is 37.6 Å². The molecule has 0 amide bonds. The minimum atomic E-state index is -0.248. The summed E-state index contributed by atoms with van der Waals surface area (Å²) in [4.78, 5) is 2.62. The van der Waals surface area contributed by atoms with Crippen LogP contribution in [0.4, 0.5) is 11.4 Å². The van der Waals surface area contributed by atoms with Crippen LogP contribution in [0.2, 0.25) is 0 Å². The van der Waals surface area contributed by atoms with Crippen LogP contribution in [0.15, 0.2) is 290 Å². The molecule has 0 radical (unpaired) electrons. The normalized spacial score (nSPS) is 16.5. The summed E-state index contributed by atoms with van der Waals surface area (Å²) >= 11 is 0. The largest absolute Gasteiger partial charge is 0.455 e. The van der Waals surface area contributed by atoms with Gasteiger partial charge in [-0.05, 0) is 153 Å². The zero-order valence-corrected chi connectivity index (χ0v) is 48.0. The summed E-state index contributed by atoms with van der Waals surface area (Å²) in [5.74, 6) is 0. The summed E-state index contributed by atoms with van der Waals surface area (Å²) in [5, 5.41) is 7.21. The van der Waals surface area contributed by atoms with Gasteiger partial charge in [-0.3, -0.25) is 0 Å². The van der Waals surface area contributed by atoms with Crippen LogP contribution < -0.4 is 4.90 Å². The Morgan fingerprint density at radius 3 is 1.80 bits per heavy atom. The third-order valence-electron chi connectivity index (χ3n) is 19.5. The molecule has 3 aromatic heterocycles. The molecular formula is C82H57N3O. The predicted molar refractivity (Wildman–Crippen MR) is 360 cm³/mol. The Hall–Kier alpha value is -10.7. The lowest BCUT2D eigenvalue weighted by Crippen LogP contribution is -2.39. The second-order valence-corrected chi connectivity index (χ2v) is 24.6. The van der Waals surface area contributed by atoms with E-state index in [-0.39, 0.29) is 16.9 Å². The highest BCUT2D eigenvalue weighted by Crippen LogP contribution is 2.56. The van der Waals surface area contributed by atoms with E-state index in [1.54, 1.807) is 0 Å². The summed E-state index contributed by atoms with van der Waals surface area (Å²) in [6.45, 7) is 7.17. The molecular weight excluding hydrogens is 1040 g/mol. The van der Waals surface area contributed by atoms with E-state index in [1.165, 1.54) is 111 Å². The van der Waals surface area contributed by atoms with Crippen LogP contribution in [0.3, 0.4) is 0 Å². The van der Waals surface area contributed by atoms with Crippen molar-refractivity contribution in [1.82, 2.24) is 9.13 Å². The highest BCUT2D eigenvalue weighted by atomic mass is 16.3. The van der Waals surface area contributed by atoms with Crippen LogP contribution in [0.25, 0.3) is 133 Å². The van der Waals surface area contributed by atoms with E-state index in [0.717, 1.165) is 50.0 Å². The van der Waals surface area contributed by atoms with E-state index in [1.807, 2.05) is 6.07 Å². The van der Waals surface area contributed by atoms with Gasteiger partial charge in [-0.25, -0.2) is 0 Å². The summed E-state index contributed by atoms with van der Waals surface area (Å²) in [6, 6.07) is 96.9. The molecule has 1 aliphatic heterocycles. The predicted octanol–water partition coefficient (Wildman–Crippen LogP) is 21.7. The van der Waals surface area contributed by atoms with Crippen LogP contribution in [0.5, 0.6) is 0 Å². The Kier molecular flexibility index (Phi) is 10.3. The molecule has 86 heavy (non-hydrogen) atoms. The van der Waals surface area contributed by atoms with Crippen molar-refractivity contribution < 1.29 is 4.42 Å². The highest BCUT2D eigenvalue weighted by molar-refractivity contribution is 6.16. The lowest BCUT2D eigenvalue weighted by molar-refractivity contribution is 0.551. The molecule has 0 bridgehead atoms. The molecule has 2 atom stereocenters. The quantitative estimate of drug-likeness (QED) is 0.159. The third kappa shape index (κ3) is 6.98. The molecule has 406 valence electrons. The van der Waals surface area contributed by atoms with Gasteiger partial charge in [0.2, 0.25) is 0 Å². The molecule has 0 fully saturated rings. The van der Waals surface area contributed by atoms with Crippen molar-refractivity contribution in [3.05, 3.63) is 302 Å². The number of allylic oxidation sites excluding steroid dienone is 2. The third-order valence-corrected chi connectivity index (χ3v) is 19.5. The van der Waals surface area contributed by atoms with E-state index in [2.05, 4.69) is 314 Å². The minimum Gasteiger partial charge on any atom is -0.455 e. The Balaban J connectivity index is 0.783. The molecule has 4 nitrogen and oxygen atoms in total. The van der Waals surface area contributed by atoms with Gasteiger partial charge in [0, 0.05) is 65.8 Å². The van der Waals surface area contributed by atoms with Gasteiger partial charge in [-0.1, -0.05) is 220 Å². The molecule has 3 aliphatic rings. The number of nitrogens with zero attached hydrogens (tertiary/aromatic N) is 3. The van der Waals surface area contributed by atoms with Gasteiger partial charge in [-0.2, -0.15) is 0 Å². The van der Waals surface area contributed by atoms with Gasteiger partial charge in [0.05, 0.1) is 33.8 Å². The average molecular weight is 1100 g/mol. The maximum atomic E-state index is 6.61. The van der Waals surface area contributed by atoms with Crippen LogP contribution >= 0.6 is 0 Å². The summed E-state index contributed by atoms with van der Waals surface area (Å²) in [7, 11) is 0. The molecule has 15 aromatic rings. The zero-order chi connectivity index (χ0) is 57.0. The topological polar surface area (TPSA) is 26.2 Å². The van der Waals surface area contributed by atoms with Gasteiger partial charge in [0.15, 0.2) is 0 Å². The fraction of sp³-hybridized carbons (Fsp3) is 0.0732. The Morgan fingerprint density at radius 2 is 0.953 bits per heavy atom. The van der Waals surface area contributed by atoms with E-state index in [4.69, 9.17) is 4.42 Å². The van der Waals surface area contributed by atoms with Crippen LogP contribution in [-0.2, 0) is 10.8 Å². The second kappa shape index (κ2) is 18.2. The van der Waals surface area contributed by atoms with E-state index in [0.29, 0.717) is 0 Å². The number of hydrogen-bond acceptors (Lipinski definition) is 2. The molecule has 2 aliphatic carbocycles. The number of para-hydroxylation sites is 3. The molecule has 2 unspecified atom stereocenters. The number of furan rings is 1. The van der Waals surface area contributed by atoms with Crippen molar-refractivity contribution in [2.75, 3.05) is 4.90 Å². The van der Waals surface area contributed by atoms with Gasteiger partial charge in [0.1, 0.15) is 11.2 Å². The average Bonchev–Trinajstić information content (AvgIpc) is 1.57. The number of benzene rings is 12. The summed E-state index contributed by atoms with van der Waals surface area (Å²) < 4.78 is 11.6. The van der Waals surface area contributed by atoms with Crippen molar-refractivity contribution >= 4 is 76.9 Å². The van der Waals surface area contributed by atoms with Crippen LogP contribution in [0, 0.1) is 0 Å². The molecule has 4 heterocycles. The number of rotatable bonds is 7. The molecule has 0 saturated carbocycles. The van der Waals surface area contributed by atoms with E-state index in [9.17, 15) is 0 Å².